The highest BCUT2D eigenvalue weighted by Gasteiger charge is 2.32. The van der Waals surface area contributed by atoms with Crippen LogP contribution in [0.2, 0.25) is 0 Å². The van der Waals surface area contributed by atoms with Crippen LogP contribution >= 0.6 is 11.8 Å². The van der Waals surface area contributed by atoms with Crippen LogP contribution in [0.3, 0.4) is 0 Å². The third-order valence-corrected chi connectivity index (χ3v) is 5.38. The van der Waals surface area contributed by atoms with Crippen LogP contribution in [-0.2, 0) is 11.2 Å². The lowest BCUT2D eigenvalue weighted by molar-refractivity contribution is 0.0523. The summed E-state index contributed by atoms with van der Waals surface area (Å²) in [5.74, 6) is 1.33. The third-order valence-electron chi connectivity index (χ3n) is 4.80. The zero-order chi connectivity index (χ0) is 18.7. The molecule has 1 unspecified atom stereocenters. The molecule has 1 aliphatic carbocycles. The van der Waals surface area contributed by atoms with Crippen molar-refractivity contribution in [2.24, 2.45) is 0 Å². The number of carbonyl (C=O) groups is 2. The number of thioether (sulfide) groups is 1. The molecule has 0 amide bonds. The number of carbonyl (C=O) groups excluding carboxylic acids is 2. The van der Waals surface area contributed by atoms with Crippen molar-refractivity contribution in [1.82, 2.24) is 4.98 Å². The molecule has 1 atom stereocenters. The zero-order valence-electron chi connectivity index (χ0n) is 15.3. The van der Waals surface area contributed by atoms with Crippen molar-refractivity contribution in [2.45, 2.75) is 25.7 Å². The summed E-state index contributed by atoms with van der Waals surface area (Å²) in [6.07, 6.45) is 3.11. The van der Waals surface area contributed by atoms with Gasteiger partial charge in [-0.3, -0.25) is 4.79 Å². The molecule has 1 aromatic heterocycles. The number of aromatic nitrogens is 1. The van der Waals surface area contributed by atoms with Gasteiger partial charge in [-0.15, -0.1) is 0 Å². The van der Waals surface area contributed by atoms with Crippen LogP contribution in [0.4, 0.5) is 0 Å². The lowest BCUT2D eigenvalue weighted by atomic mass is 9.81. The maximum absolute atomic E-state index is 12.7. The van der Waals surface area contributed by atoms with Gasteiger partial charge in [-0.05, 0) is 48.8 Å². The molecule has 5 nitrogen and oxygen atoms in total. The number of esters is 1. The maximum atomic E-state index is 12.7. The highest BCUT2D eigenvalue weighted by Crippen LogP contribution is 2.35. The normalized spacial score (nSPS) is 16.3. The summed E-state index contributed by atoms with van der Waals surface area (Å²) in [7, 11) is 1.63. The van der Waals surface area contributed by atoms with Gasteiger partial charge in [-0.25, -0.2) is 4.79 Å². The predicted molar refractivity (Wildman–Crippen MR) is 103 cm³/mol. The molecule has 1 heterocycles. The molecule has 3 rings (SSSR count). The fraction of sp³-hybridized carbons (Fsp3) is 0.400. The highest BCUT2D eigenvalue weighted by molar-refractivity contribution is 7.98. The Bertz CT molecular complexity index is 810. The first kappa shape index (κ1) is 18.6. The van der Waals surface area contributed by atoms with Gasteiger partial charge >= 0.3 is 5.97 Å². The average molecular weight is 373 g/mol. The molecule has 6 heteroatoms. The number of hydrogen-bond donors (Lipinski definition) is 1. The number of Topliss-reactive ketones (excluding diaryl/α,β-unsaturated/α-hetero) is 1. The number of ether oxygens (including phenoxy) is 2. The second-order valence-corrected chi connectivity index (χ2v) is 7.39. The lowest BCUT2D eigenvalue weighted by Gasteiger charge is -2.22. The predicted octanol–water partition coefficient (Wildman–Crippen LogP) is 3.76. The van der Waals surface area contributed by atoms with E-state index >= 15 is 0 Å². The Morgan fingerprint density at radius 1 is 1.27 bits per heavy atom. The van der Waals surface area contributed by atoms with Crippen LogP contribution in [0.15, 0.2) is 24.3 Å². The van der Waals surface area contributed by atoms with E-state index in [0.717, 1.165) is 22.8 Å². The van der Waals surface area contributed by atoms with Crippen LogP contribution in [0.25, 0.3) is 0 Å². The quantitative estimate of drug-likeness (QED) is 0.617. The van der Waals surface area contributed by atoms with Crippen LogP contribution in [0.5, 0.6) is 5.75 Å². The van der Waals surface area contributed by atoms with Gasteiger partial charge in [0.2, 0.25) is 0 Å². The summed E-state index contributed by atoms with van der Waals surface area (Å²) in [6.45, 7) is 2.18. The van der Waals surface area contributed by atoms with E-state index in [-0.39, 0.29) is 17.7 Å². The van der Waals surface area contributed by atoms with Crippen molar-refractivity contribution in [3.63, 3.8) is 0 Å². The van der Waals surface area contributed by atoms with Crippen LogP contribution in [0.1, 0.15) is 50.0 Å². The summed E-state index contributed by atoms with van der Waals surface area (Å²) in [6, 6.07) is 7.80. The Morgan fingerprint density at radius 2 is 2.00 bits per heavy atom. The number of H-pyrrole nitrogens is 1. The van der Waals surface area contributed by atoms with Gasteiger partial charge in [-0.1, -0.05) is 12.1 Å². The van der Waals surface area contributed by atoms with Crippen LogP contribution in [-0.4, -0.2) is 42.5 Å². The largest absolute Gasteiger partial charge is 0.497 e. The van der Waals surface area contributed by atoms with Crippen molar-refractivity contribution in [3.05, 3.63) is 52.3 Å². The van der Waals surface area contributed by atoms with Gasteiger partial charge in [0.25, 0.3) is 0 Å². The number of benzene rings is 1. The monoisotopic (exact) mass is 373 g/mol. The van der Waals surface area contributed by atoms with Crippen molar-refractivity contribution in [1.29, 1.82) is 0 Å². The minimum atomic E-state index is -0.389. The van der Waals surface area contributed by atoms with Gasteiger partial charge in [0.1, 0.15) is 18.1 Å². The van der Waals surface area contributed by atoms with E-state index < -0.39 is 0 Å². The Labute approximate surface area is 157 Å². The molecule has 1 N–H and O–H groups in total. The van der Waals surface area contributed by atoms with Crippen molar-refractivity contribution < 1.29 is 19.1 Å². The molecule has 138 valence electrons. The first-order valence-electron chi connectivity index (χ1n) is 8.59. The molecular formula is C20H23NO4S. The second-order valence-electron chi connectivity index (χ2n) is 6.41. The molecule has 0 fully saturated rings. The Kier molecular flexibility index (Phi) is 5.71. The van der Waals surface area contributed by atoms with E-state index in [0.29, 0.717) is 36.3 Å². The van der Waals surface area contributed by atoms with E-state index in [4.69, 9.17) is 9.47 Å². The SMILES string of the molecule is COc1ccc(C2CC(=O)c3c([nH]c(C(=O)OCCSC)c3C)C2)cc1. The zero-order valence-corrected chi connectivity index (χ0v) is 16.1. The maximum Gasteiger partial charge on any atom is 0.355 e. The van der Waals surface area contributed by atoms with Crippen LogP contribution in [0, 0.1) is 6.92 Å². The fourth-order valence-corrected chi connectivity index (χ4v) is 3.69. The summed E-state index contributed by atoms with van der Waals surface area (Å²) in [4.78, 5) is 28.2. The summed E-state index contributed by atoms with van der Waals surface area (Å²) < 4.78 is 10.5. The summed E-state index contributed by atoms with van der Waals surface area (Å²) in [5, 5.41) is 0. The minimum Gasteiger partial charge on any atom is -0.497 e. The Morgan fingerprint density at radius 3 is 2.65 bits per heavy atom. The molecule has 0 radical (unpaired) electrons. The van der Waals surface area contributed by atoms with E-state index in [9.17, 15) is 9.59 Å². The van der Waals surface area contributed by atoms with Gasteiger partial charge < -0.3 is 14.5 Å². The number of hydrogen-bond acceptors (Lipinski definition) is 5. The number of aromatic amines is 1. The molecule has 0 bridgehead atoms. The first-order valence-corrected chi connectivity index (χ1v) is 9.99. The van der Waals surface area contributed by atoms with Crippen molar-refractivity contribution in [3.8, 4) is 5.75 Å². The Hall–Kier alpha value is -2.21. The smallest absolute Gasteiger partial charge is 0.355 e. The summed E-state index contributed by atoms with van der Waals surface area (Å²) in [5.41, 5.74) is 3.69. The molecule has 1 aliphatic rings. The molecule has 0 saturated heterocycles. The van der Waals surface area contributed by atoms with E-state index in [1.54, 1.807) is 18.9 Å². The minimum absolute atomic E-state index is 0.0731. The van der Waals surface area contributed by atoms with Gasteiger partial charge in [0, 0.05) is 23.4 Å². The van der Waals surface area contributed by atoms with E-state index in [1.165, 1.54) is 0 Å². The molecular weight excluding hydrogens is 350 g/mol. The van der Waals surface area contributed by atoms with Crippen LogP contribution < -0.4 is 4.74 Å². The van der Waals surface area contributed by atoms with E-state index in [1.807, 2.05) is 37.4 Å². The van der Waals surface area contributed by atoms with Gasteiger partial charge in [0.15, 0.2) is 5.78 Å². The molecule has 0 saturated carbocycles. The van der Waals surface area contributed by atoms with Gasteiger partial charge in [0.05, 0.1) is 7.11 Å². The molecule has 0 aliphatic heterocycles. The Balaban J connectivity index is 1.82. The molecule has 26 heavy (non-hydrogen) atoms. The second kappa shape index (κ2) is 7.99. The van der Waals surface area contributed by atoms with E-state index in [2.05, 4.69) is 4.98 Å². The number of nitrogens with one attached hydrogen (secondary N) is 1. The summed E-state index contributed by atoms with van der Waals surface area (Å²) >= 11 is 1.62. The average Bonchev–Trinajstić information content (AvgIpc) is 2.99. The fourth-order valence-electron chi connectivity index (χ4n) is 3.44. The third kappa shape index (κ3) is 3.65. The highest BCUT2D eigenvalue weighted by atomic mass is 32.2. The van der Waals surface area contributed by atoms with Crippen molar-refractivity contribution >= 4 is 23.5 Å². The van der Waals surface area contributed by atoms with Crippen molar-refractivity contribution in [2.75, 3.05) is 25.7 Å². The lowest BCUT2D eigenvalue weighted by Crippen LogP contribution is -2.18. The topological polar surface area (TPSA) is 68.4 Å². The number of ketones is 1. The van der Waals surface area contributed by atoms with Gasteiger partial charge in [-0.2, -0.15) is 11.8 Å². The number of methoxy groups -OCH3 is 1. The first-order chi connectivity index (χ1) is 12.5. The number of rotatable bonds is 6. The molecule has 0 spiro atoms. The number of fused-ring (bicyclic) bond motifs is 1. The molecule has 1 aromatic carbocycles. The molecule has 2 aromatic rings. The standard InChI is InChI=1S/C20H23NO4S/c1-12-18-16(21-19(12)20(23)25-8-9-26-3)10-14(11-17(18)22)13-4-6-15(24-2)7-5-13/h4-7,14,21H,8-11H2,1-3H3.